The van der Waals surface area contributed by atoms with Gasteiger partial charge in [0, 0.05) is 54.9 Å². The molecule has 2 unspecified atom stereocenters. The van der Waals surface area contributed by atoms with E-state index >= 15 is 0 Å². The summed E-state index contributed by atoms with van der Waals surface area (Å²) in [5.74, 6) is 2.42. The van der Waals surface area contributed by atoms with Crippen molar-refractivity contribution in [3.8, 4) is 11.5 Å². The molecule has 8 rings (SSSR count). The Morgan fingerprint density at radius 2 is 1.97 bits per heavy atom. The van der Waals surface area contributed by atoms with Crippen LogP contribution in [0, 0.1) is 11.8 Å². The lowest BCUT2D eigenvalue weighted by molar-refractivity contribution is -0.117. The second kappa shape index (κ2) is 8.44. The second-order valence-corrected chi connectivity index (χ2v) is 10.1. The van der Waals surface area contributed by atoms with Gasteiger partial charge in [0.15, 0.2) is 5.58 Å². The van der Waals surface area contributed by atoms with Gasteiger partial charge in [-0.3, -0.25) is 4.79 Å². The van der Waals surface area contributed by atoms with Crippen molar-refractivity contribution in [3.05, 3.63) is 36.7 Å². The number of hydrogen-bond donors (Lipinski definition) is 2. The normalized spacial score (nSPS) is 21.6. The summed E-state index contributed by atoms with van der Waals surface area (Å²) < 4.78 is 12.2. The maximum absolute atomic E-state index is 12.3. The standard InChI is InChI=1S/C27H28N6O3/c1-28-25-20-10-29-24(32-26(34)16-3-4-16)9-19(20)21(11-30-25)27-31-22-8-17(5-7-23(22)36-27)33-12-15-2-6-18(13-33)35-14-15/h5,7-11,15-16,18H,2-4,6,12-14H2,1H3,(H,28,30)(H,29,32,34). The van der Waals surface area contributed by atoms with Crippen LogP contribution in [0.3, 0.4) is 0 Å². The first kappa shape index (κ1) is 21.6. The predicted octanol–water partition coefficient (Wildman–Crippen LogP) is 4.44. The number of carbonyl (C=O) groups excluding carboxylic acids is 1. The van der Waals surface area contributed by atoms with Gasteiger partial charge in [-0.05, 0) is 55.9 Å². The molecule has 36 heavy (non-hydrogen) atoms. The van der Waals surface area contributed by atoms with Gasteiger partial charge < -0.3 is 24.7 Å². The molecule has 0 spiro atoms. The van der Waals surface area contributed by atoms with Gasteiger partial charge in [-0.2, -0.15) is 0 Å². The van der Waals surface area contributed by atoms with Crippen LogP contribution < -0.4 is 15.5 Å². The van der Waals surface area contributed by atoms with Crippen molar-refractivity contribution in [2.75, 3.05) is 42.3 Å². The molecule has 4 aromatic rings. The zero-order chi connectivity index (χ0) is 24.2. The van der Waals surface area contributed by atoms with Crippen molar-refractivity contribution in [1.29, 1.82) is 0 Å². The SMILES string of the molecule is CNc1ncc(-c2nc3cc(N4CC5CCC(C4)OC5)ccc3o2)c2cc(NC(=O)C3CC3)ncc12. The van der Waals surface area contributed by atoms with Gasteiger partial charge in [0.05, 0.1) is 18.3 Å². The topological polar surface area (TPSA) is 105 Å². The highest BCUT2D eigenvalue weighted by molar-refractivity contribution is 6.03. The van der Waals surface area contributed by atoms with Crippen molar-refractivity contribution in [1.82, 2.24) is 15.0 Å². The van der Waals surface area contributed by atoms with Crippen molar-refractivity contribution in [2.24, 2.45) is 11.8 Å². The third-order valence-corrected chi connectivity index (χ3v) is 7.54. The molecule has 184 valence electrons. The summed E-state index contributed by atoms with van der Waals surface area (Å²) in [6, 6.07) is 8.08. The van der Waals surface area contributed by atoms with E-state index < -0.39 is 0 Å². The highest BCUT2D eigenvalue weighted by atomic mass is 16.5. The van der Waals surface area contributed by atoms with E-state index in [0.29, 0.717) is 29.5 Å². The monoisotopic (exact) mass is 484 g/mol. The van der Waals surface area contributed by atoms with E-state index in [2.05, 4.69) is 37.6 Å². The molecule has 1 amide bonds. The number of ether oxygens (including phenoxy) is 1. The van der Waals surface area contributed by atoms with Gasteiger partial charge in [-0.25, -0.2) is 15.0 Å². The molecule has 4 fully saturated rings. The number of aromatic nitrogens is 3. The Morgan fingerprint density at radius 3 is 2.78 bits per heavy atom. The number of nitrogens with zero attached hydrogens (tertiary/aromatic N) is 4. The van der Waals surface area contributed by atoms with Gasteiger partial charge in [0.1, 0.15) is 17.2 Å². The summed E-state index contributed by atoms with van der Waals surface area (Å²) >= 11 is 0. The summed E-state index contributed by atoms with van der Waals surface area (Å²) in [5, 5.41) is 7.76. The minimum Gasteiger partial charge on any atom is -0.436 e. The predicted molar refractivity (Wildman–Crippen MR) is 138 cm³/mol. The fourth-order valence-corrected chi connectivity index (χ4v) is 5.37. The summed E-state index contributed by atoms with van der Waals surface area (Å²) in [5.41, 5.74) is 3.44. The quantitative estimate of drug-likeness (QED) is 0.428. The Bertz CT molecular complexity index is 1460. The van der Waals surface area contributed by atoms with Crippen LogP contribution in [0.5, 0.6) is 0 Å². The second-order valence-electron chi connectivity index (χ2n) is 10.1. The lowest BCUT2D eigenvalue weighted by Crippen LogP contribution is -2.30. The van der Waals surface area contributed by atoms with Crippen molar-refractivity contribution in [3.63, 3.8) is 0 Å². The average Bonchev–Trinajstić information content (AvgIpc) is 3.72. The molecule has 1 aromatic carbocycles. The number of hydrogen-bond acceptors (Lipinski definition) is 8. The first-order valence-corrected chi connectivity index (χ1v) is 12.7. The van der Waals surface area contributed by atoms with Gasteiger partial charge in [0.25, 0.3) is 0 Å². The zero-order valence-corrected chi connectivity index (χ0v) is 20.2. The highest BCUT2D eigenvalue weighted by Gasteiger charge is 2.31. The minimum absolute atomic E-state index is 0.0213. The third kappa shape index (κ3) is 3.83. The van der Waals surface area contributed by atoms with E-state index in [1.807, 2.05) is 19.2 Å². The fraction of sp³-hybridized carbons (Fsp3) is 0.407. The van der Waals surface area contributed by atoms with Gasteiger partial charge in [-0.15, -0.1) is 0 Å². The van der Waals surface area contributed by atoms with Crippen molar-refractivity contribution in [2.45, 2.75) is 31.8 Å². The van der Waals surface area contributed by atoms with Crippen LogP contribution in [-0.2, 0) is 9.53 Å². The average molecular weight is 485 g/mol. The van der Waals surface area contributed by atoms with E-state index in [0.717, 1.165) is 72.1 Å². The maximum atomic E-state index is 12.3. The Balaban J connectivity index is 1.27. The number of pyridine rings is 2. The van der Waals surface area contributed by atoms with Crippen LogP contribution in [0.1, 0.15) is 25.7 Å². The number of benzene rings is 1. The third-order valence-electron chi connectivity index (χ3n) is 7.54. The van der Waals surface area contributed by atoms with Gasteiger partial charge in [0.2, 0.25) is 11.8 Å². The molecule has 0 radical (unpaired) electrons. The lowest BCUT2D eigenvalue weighted by Gasteiger charge is -2.24. The van der Waals surface area contributed by atoms with Crippen molar-refractivity contribution >= 4 is 45.1 Å². The summed E-state index contributed by atoms with van der Waals surface area (Å²) in [6.45, 7) is 2.78. The number of fused-ring (bicyclic) bond motifs is 6. The van der Waals surface area contributed by atoms with Crippen LogP contribution in [0.25, 0.3) is 33.3 Å². The molecule has 4 aliphatic rings. The number of anilines is 3. The largest absolute Gasteiger partial charge is 0.436 e. The molecule has 9 nitrogen and oxygen atoms in total. The van der Waals surface area contributed by atoms with Crippen LogP contribution in [0.2, 0.25) is 0 Å². The van der Waals surface area contributed by atoms with Crippen LogP contribution in [0.4, 0.5) is 17.3 Å². The van der Waals surface area contributed by atoms with E-state index in [-0.39, 0.29) is 11.8 Å². The lowest BCUT2D eigenvalue weighted by atomic mass is 10.0. The number of rotatable bonds is 5. The van der Waals surface area contributed by atoms with Crippen LogP contribution in [-0.4, -0.2) is 53.7 Å². The number of amides is 1. The molecule has 1 aliphatic carbocycles. The zero-order valence-electron chi connectivity index (χ0n) is 20.2. The maximum Gasteiger partial charge on any atom is 0.229 e. The molecule has 6 heterocycles. The smallest absolute Gasteiger partial charge is 0.229 e. The molecular formula is C27H28N6O3. The summed E-state index contributed by atoms with van der Waals surface area (Å²) in [6.07, 6.45) is 8.05. The van der Waals surface area contributed by atoms with E-state index in [9.17, 15) is 4.79 Å². The molecule has 3 aliphatic heterocycles. The van der Waals surface area contributed by atoms with Crippen LogP contribution in [0.15, 0.2) is 41.1 Å². The molecule has 2 bridgehead atoms. The number of nitrogens with one attached hydrogen (secondary N) is 2. The Kier molecular flexibility index (Phi) is 5.06. The first-order chi connectivity index (χ1) is 17.6. The Labute approximate surface area is 208 Å². The van der Waals surface area contributed by atoms with E-state index in [1.54, 1.807) is 12.4 Å². The summed E-state index contributed by atoms with van der Waals surface area (Å²) in [4.78, 5) is 28.6. The van der Waals surface area contributed by atoms with E-state index in [4.69, 9.17) is 14.1 Å². The summed E-state index contributed by atoms with van der Waals surface area (Å²) in [7, 11) is 1.82. The highest BCUT2D eigenvalue weighted by Crippen LogP contribution is 2.36. The van der Waals surface area contributed by atoms with Crippen molar-refractivity contribution < 1.29 is 13.9 Å². The number of carbonyl (C=O) groups is 1. The molecule has 2 N–H and O–H groups in total. The van der Waals surface area contributed by atoms with Gasteiger partial charge in [-0.1, -0.05) is 0 Å². The molecular weight excluding hydrogens is 456 g/mol. The first-order valence-electron chi connectivity index (χ1n) is 12.7. The number of oxazole rings is 1. The Hall–Kier alpha value is -3.72. The molecule has 3 aromatic heterocycles. The molecule has 3 saturated heterocycles. The fourth-order valence-electron chi connectivity index (χ4n) is 5.37. The molecule has 2 atom stereocenters. The Morgan fingerprint density at radius 1 is 1.06 bits per heavy atom. The molecule has 9 heteroatoms. The van der Waals surface area contributed by atoms with E-state index in [1.165, 1.54) is 6.42 Å². The van der Waals surface area contributed by atoms with Gasteiger partial charge >= 0.3 is 0 Å². The van der Waals surface area contributed by atoms with Crippen LogP contribution >= 0.6 is 0 Å². The minimum atomic E-state index is 0.0213. The molecule has 1 saturated carbocycles.